The van der Waals surface area contributed by atoms with Crippen molar-refractivity contribution in [3.05, 3.63) is 0 Å². The van der Waals surface area contributed by atoms with E-state index in [1.165, 1.54) is 104 Å². The third-order valence-electron chi connectivity index (χ3n) is 6.11. The molecule has 0 amide bonds. The average Bonchev–Trinajstić information content (AvgIpc) is 2.75. The first-order valence-electron chi connectivity index (χ1n) is 11.6. The minimum Gasteiger partial charge on any atom is -0.411 e. The van der Waals surface area contributed by atoms with Gasteiger partial charge in [-0.05, 0) is 10.6 Å². The molecule has 0 N–H and O–H groups in total. The molecule has 0 aliphatic carbocycles. The molecular weight excluding hydrogens is 440 g/mol. The van der Waals surface area contributed by atoms with Crippen molar-refractivity contribution in [2.45, 2.75) is 99.4 Å². The molecule has 0 unspecified atom stereocenters. The molecule has 4 rings (SSSR count). The van der Waals surface area contributed by atoms with Gasteiger partial charge in [-0.25, -0.2) is 0 Å². The topological polar surface area (TPSA) is 18.5 Å². The summed E-state index contributed by atoms with van der Waals surface area (Å²) < 4.78 is 14.1. The monoisotopic (exact) mass is 474 g/mol. The van der Waals surface area contributed by atoms with Gasteiger partial charge >= 0.3 is 7.12 Å². The van der Waals surface area contributed by atoms with Gasteiger partial charge in [0.15, 0.2) is 0 Å². The Bertz CT molecular complexity index is 426. The number of hydrogen-bond donors (Lipinski definition) is 0. The molecule has 28 heavy (non-hydrogen) atoms. The predicted molar refractivity (Wildman–Crippen MR) is 128 cm³/mol. The van der Waals surface area contributed by atoms with E-state index in [1.807, 2.05) is 0 Å². The molecule has 0 spiro atoms. The van der Waals surface area contributed by atoms with Gasteiger partial charge in [-0.2, -0.15) is 0 Å². The normalized spacial score (nSPS) is 30.9. The number of fused-ring (bicyclic) bond motifs is 3. The summed E-state index contributed by atoms with van der Waals surface area (Å²) in [5.41, 5.74) is 0. The van der Waals surface area contributed by atoms with Crippen LogP contribution in [0, 0.1) is 5.92 Å². The largest absolute Gasteiger partial charge is 0.452 e. The van der Waals surface area contributed by atoms with Crippen molar-refractivity contribution in [1.82, 2.24) is 0 Å². The van der Waals surface area contributed by atoms with E-state index >= 15 is 0 Å². The van der Waals surface area contributed by atoms with Crippen LogP contribution in [0.1, 0.15) is 90.9 Å². The van der Waals surface area contributed by atoms with Crippen LogP contribution < -0.4 is 0 Å². The molecule has 9 heteroatoms. The fourth-order valence-electron chi connectivity index (χ4n) is 4.16. The third-order valence-corrected chi connectivity index (χ3v) is 32.4. The van der Waals surface area contributed by atoms with E-state index in [1.54, 1.807) is 0 Å². The van der Waals surface area contributed by atoms with Gasteiger partial charge in [0.05, 0.1) is 0 Å². The van der Waals surface area contributed by atoms with Crippen LogP contribution in [-0.2, 0) is 9.31 Å². The zero-order valence-electron chi connectivity index (χ0n) is 17.9. The minimum absolute atomic E-state index is 0.161. The molecule has 0 aromatic rings. The van der Waals surface area contributed by atoms with Crippen molar-refractivity contribution in [2.24, 2.45) is 5.92 Å². The summed E-state index contributed by atoms with van der Waals surface area (Å²) in [5.74, 6) is 0.658. The Labute approximate surface area is 188 Å². The lowest BCUT2D eigenvalue weighted by Gasteiger charge is -2.53. The Hall–Kier alpha value is 1.29. The smallest absolute Gasteiger partial charge is 0.411 e. The second kappa shape index (κ2) is 12.4. The molecular formula is C19H35BO2Si6. The highest BCUT2D eigenvalue weighted by molar-refractivity contribution is 7.46. The highest BCUT2D eigenvalue weighted by Gasteiger charge is 2.57. The summed E-state index contributed by atoms with van der Waals surface area (Å²) >= 11 is 0. The zero-order valence-corrected chi connectivity index (χ0v) is 23.9. The highest BCUT2D eigenvalue weighted by atomic mass is 29.3. The minimum atomic E-state index is 0.161. The fourth-order valence-corrected chi connectivity index (χ4v) is 34.8. The van der Waals surface area contributed by atoms with Crippen molar-refractivity contribution in [3.8, 4) is 0 Å². The van der Waals surface area contributed by atoms with Crippen molar-refractivity contribution < 1.29 is 9.31 Å². The molecule has 2 nitrogen and oxygen atoms in total. The Morgan fingerprint density at radius 3 is 1.86 bits per heavy atom. The maximum Gasteiger partial charge on any atom is 0.452 e. The van der Waals surface area contributed by atoms with Gasteiger partial charge in [0.1, 0.15) is 0 Å². The molecule has 4 aliphatic heterocycles. The molecule has 0 aromatic carbocycles. The maximum absolute atomic E-state index is 6.40. The lowest BCUT2D eigenvalue weighted by molar-refractivity contribution is 0.0731. The summed E-state index contributed by atoms with van der Waals surface area (Å²) in [4.78, 5) is 0. The fraction of sp³-hybridized carbons (Fsp3) is 1.00. The number of hydrogen-bond acceptors (Lipinski definition) is 2. The summed E-state index contributed by atoms with van der Waals surface area (Å²) in [6, 6.07) is 0. The lowest BCUT2D eigenvalue weighted by atomic mass is 9.88. The average molecular weight is 475 g/mol. The quantitative estimate of drug-likeness (QED) is 0.300. The highest BCUT2D eigenvalue weighted by Crippen LogP contribution is 2.45. The molecule has 0 saturated carbocycles. The molecule has 2 bridgehead atoms. The van der Waals surface area contributed by atoms with E-state index in [0.717, 1.165) is 44.6 Å². The molecule has 0 atom stereocenters. The van der Waals surface area contributed by atoms with Crippen LogP contribution in [0.2, 0.25) is 8.47 Å². The Morgan fingerprint density at radius 1 is 0.714 bits per heavy atom. The van der Waals surface area contributed by atoms with E-state index in [4.69, 9.17) is 9.31 Å². The standard InChI is InChI=1S/C19H35BO2Si6/c1-3-5-7-9-10-11-13-17-15-21-20(22-16-17)19-26-23-18(24-27-19,25-28-19)14-12-8-6-4-2/h17H,3-16H2,1-2H3. The summed E-state index contributed by atoms with van der Waals surface area (Å²) in [6.45, 7) is 6.56. The van der Waals surface area contributed by atoms with Crippen LogP contribution >= 0.6 is 0 Å². The number of rotatable bonds is 13. The molecule has 12 radical (unpaired) electrons. The SMILES string of the molecule is CCCCCCCCC1COB(C23[Si][Si]C(CCCCCC)([Si][Si]2)[Si][Si]3)OC1. The Balaban J connectivity index is 1.33. The molecule has 4 fully saturated rings. The molecule has 4 heterocycles. The van der Waals surface area contributed by atoms with Crippen molar-refractivity contribution in [2.75, 3.05) is 13.2 Å². The van der Waals surface area contributed by atoms with E-state index in [2.05, 4.69) is 13.8 Å². The van der Waals surface area contributed by atoms with Gasteiger partial charge in [0.25, 0.3) is 0 Å². The molecule has 0 aromatic heterocycles. The Kier molecular flexibility index (Phi) is 10.6. The first-order valence-corrected chi connectivity index (χ1v) is 20.6. The maximum atomic E-state index is 6.40. The van der Waals surface area contributed by atoms with Crippen molar-refractivity contribution in [1.29, 1.82) is 0 Å². The van der Waals surface area contributed by atoms with E-state index < -0.39 is 0 Å². The first-order chi connectivity index (χ1) is 13.7. The van der Waals surface area contributed by atoms with E-state index in [0.29, 0.717) is 10.1 Å². The van der Waals surface area contributed by atoms with Gasteiger partial charge < -0.3 is 9.31 Å². The van der Waals surface area contributed by atoms with Gasteiger partial charge in [-0.3, -0.25) is 0 Å². The van der Waals surface area contributed by atoms with E-state index in [9.17, 15) is 0 Å². The van der Waals surface area contributed by atoms with Crippen LogP contribution in [0.4, 0.5) is 0 Å². The number of unbranched alkanes of at least 4 members (excludes halogenated alkanes) is 8. The van der Waals surface area contributed by atoms with Crippen LogP contribution in [0.25, 0.3) is 0 Å². The Morgan fingerprint density at radius 2 is 1.25 bits per heavy atom. The molecule has 150 valence electrons. The summed E-state index contributed by atoms with van der Waals surface area (Å²) in [7, 11) is 7.23. The summed E-state index contributed by atoms with van der Waals surface area (Å²) in [6.07, 6.45) is 17.0. The van der Waals surface area contributed by atoms with Gasteiger partial charge in [-0.1, -0.05) is 88.8 Å². The third kappa shape index (κ3) is 6.64. The van der Waals surface area contributed by atoms with Crippen LogP contribution in [-0.4, -0.2) is 74.6 Å². The molecule has 4 aliphatic rings. The van der Waals surface area contributed by atoms with E-state index in [-0.39, 0.29) is 7.12 Å². The van der Waals surface area contributed by atoms with Crippen molar-refractivity contribution >= 4 is 61.3 Å². The lowest BCUT2D eigenvalue weighted by Crippen LogP contribution is -2.69. The van der Waals surface area contributed by atoms with Crippen molar-refractivity contribution in [3.63, 3.8) is 0 Å². The predicted octanol–water partition coefficient (Wildman–Crippen LogP) is 3.54. The van der Waals surface area contributed by atoms with Crippen LogP contribution in [0.15, 0.2) is 0 Å². The first kappa shape index (κ1) is 23.9. The second-order valence-electron chi connectivity index (χ2n) is 8.70. The zero-order chi connectivity index (χ0) is 19.7. The van der Waals surface area contributed by atoms with Gasteiger partial charge in [0.2, 0.25) is 0 Å². The van der Waals surface area contributed by atoms with Crippen LogP contribution in [0.5, 0.6) is 0 Å². The molecule has 4 saturated heterocycles. The van der Waals surface area contributed by atoms with Gasteiger partial charge in [0, 0.05) is 73.4 Å². The van der Waals surface area contributed by atoms with Crippen LogP contribution in [0.3, 0.4) is 0 Å². The second-order valence-corrected chi connectivity index (χ2v) is 22.6. The summed E-state index contributed by atoms with van der Waals surface area (Å²) in [5, 5.41) is 0. The van der Waals surface area contributed by atoms with Gasteiger partial charge in [-0.15, -0.1) is 0 Å².